The Balaban J connectivity index is 2.28. The summed E-state index contributed by atoms with van der Waals surface area (Å²) in [4.78, 5) is 11.8. The number of nitrogens with one attached hydrogen (secondary N) is 2. The van der Waals surface area contributed by atoms with Crippen LogP contribution in [0, 0.1) is 13.8 Å². The number of nitrogens with two attached hydrogens (primary N) is 1. The standard InChI is InChI=1S/C13H13N5O2/c1-5-4-8-10(16-11(19)7(3)15-8)9(6(5)2)12-17-18-13(14)20-12/h4,15H,3H2,1-2H3,(H2,14,18)(H,16,19). The first kappa shape index (κ1) is 12.2. The van der Waals surface area contributed by atoms with Crippen molar-refractivity contribution < 1.29 is 9.21 Å². The van der Waals surface area contributed by atoms with Gasteiger partial charge in [-0.25, -0.2) is 0 Å². The Morgan fingerprint density at radius 1 is 1.30 bits per heavy atom. The van der Waals surface area contributed by atoms with Crippen LogP contribution in [0.1, 0.15) is 11.1 Å². The number of hydrogen-bond acceptors (Lipinski definition) is 6. The van der Waals surface area contributed by atoms with E-state index in [1.807, 2.05) is 19.9 Å². The van der Waals surface area contributed by atoms with Crippen molar-refractivity contribution in [1.29, 1.82) is 0 Å². The van der Waals surface area contributed by atoms with Gasteiger partial charge in [-0.05, 0) is 31.0 Å². The highest BCUT2D eigenvalue weighted by Gasteiger charge is 2.26. The molecular weight excluding hydrogens is 258 g/mol. The Labute approximate surface area is 114 Å². The van der Waals surface area contributed by atoms with Crippen molar-refractivity contribution in [3.8, 4) is 11.5 Å². The van der Waals surface area contributed by atoms with E-state index in [4.69, 9.17) is 10.2 Å². The van der Waals surface area contributed by atoms with Crippen LogP contribution in [0.25, 0.3) is 11.5 Å². The van der Waals surface area contributed by atoms with Gasteiger partial charge in [-0.15, -0.1) is 5.10 Å². The Bertz CT molecular complexity index is 747. The second-order valence-electron chi connectivity index (χ2n) is 4.62. The zero-order chi connectivity index (χ0) is 14.4. The van der Waals surface area contributed by atoms with Crippen LogP contribution in [0.3, 0.4) is 0 Å². The van der Waals surface area contributed by atoms with Gasteiger partial charge in [-0.1, -0.05) is 11.7 Å². The zero-order valence-corrected chi connectivity index (χ0v) is 11.1. The molecule has 0 spiro atoms. The predicted molar refractivity (Wildman–Crippen MR) is 75.0 cm³/mol. The normalized spacial score (nSPS) is 13.7. The largest absolute Gasteiger partial charge is 0.403 e. The van der Waals surface area contributed by atoms with Crippen LogP contribution in [0.2, 0.25) is 0 Å². The lowest BCUT2D eigenvalue weighted by Crippen LogP contribution is -2.25. The first-order valence-corrected chi connectivity index (χ1v) is 5.98. The molecule has 20 heavy (non-hydrogen) atoms. The van der Waals surface area contributed by atoms with Crippen LogP contribution in [-0.2, 0) is 4.79 Å². The Morgan fingerprint density at radius 3 is 2.70 bits per heavy atom. The van der Waals surface area contributed by atoms with Crippen LogP contribution in [0.5, 0.6) is 0 Å². The molecule has 0 atom stereocenters. The van der Waals surface area contributed by atoms with Crippen molar-refractivity contribution in [2.24, 2.45) is 0 Å². The summed E-state index contributed by atoms with van der Waals surface area (Å²) < 4.78 is 5.29. The van der Waals surface area contributed by atoms with Crippen LogP contribution < -0.4 is 16.4 Å². The number of aryl methyl sites for hydroxylation is 1. The van der Waals surface area contributed by atoms with Gasteiger partial charge in [0, 0.05) is 0 Å². The predicted octanol–water partition coefficient (Wildman–Crippen LogP) is 1.81. The van der Waals surface area contributed by atoms with Gasteiger partial charge in [0.15, 0.2) is 0 Å². The van der Waals surface area contributed by atoms with E-state index in [1.54, 1.807) is 0 Å². The van der Waals surface area contributed by atoms with Crippen molar-refractivity contribution in [3.05, 3.63) is 29.5 Å². The molecule has 2 aromatic rings. The summed E-state index contributed by atoms with van der Waals surface area (Å²) in [6.45, 7) is 7.53. The molecule has 7 heteroatoms. The van der Waals surface area contributed by atoms with E-state index in [0.29, 0.717) is 11.3 Å². The number of fused-ring (bicyclic) bond motifs is 1. The topological polar surface area (TPSA) is 106 Å². The number of hydrogen-bond donors (Lipinski definition) is 3. The van der Waals surface area contributed by atoms with Gasteiger partial charge in [0.1, 0.15) is 0 Å². The molecule has 1 aliphatic heterocycles. The molecule has 0 radical (unpaired) electrons. The maximum Gasteiger partial charge on any atom is 0.313 e. The summed E-state index contributed by atoms with van der Waals surface area (Å²) >= 11 is 0. The molecule has 1 aliphatic rings. The number of rotatable bonds is 1. The molecule has 7 nitrogen and oxygen atoms in total. The minimum Gasteiger partial charge on any atom is -0.403 e. The molecule has 102 valence electrons. The maximum atomic E-state index is 11.8. The van der Waals surface area contributed by atoms with Gasteiger partial charge < -0.3 is 20.8 Å². The number of aromatic nitrogens is 2. The molecule has 1 aromatic carbocycles. The average molecular weight is 271 g/mol. The summed E-state index contributed by atoms with van der Waals surface area (Å²) in [5.41, 5.74) is 9.71. The number of benzene rings is 1. The smallest absolute Gasteiger partial charge is 0.313 e. The summed E-state index contributed by atoms with van der Waals surface area (Å²) in [6.07, 6.45) is 0. The molecule has 1 amide bonds. The number of anilines is 3. The molecule has 2 heterocycles. The second-order valence-corrected chi connectivity index (χ2v) is 4.62. The fourth-order valence-corrected chi connectivity index (χ4v) is 2.16. The number of nitrogens with zero attached hydrogens (tertiary/aromatic N) is 2. The fraction of sp³-hybridized carbons (Fsp3) is 0.154. The Hall–Kier alpha value is -2.83. The van der Waals surface area contributed by atoms with Crippen molar-refractivity contribution >= 4 is 23.3 Å². The van der Waals surface area contributed by atoms with Crippen molar-refractivity contribution in [2.45, 2.75) is 13.8 Å². The SMILES string of the molecule is C=C1Nc2cc(C)c(C)c(-c3nnc(N)o3)c2NC1=O. The lowest BCUT2D eigenvalue weighted by atomic mass is 9.98. The van der Waals surface area contributed by atoms with E-state index in [1.165, 1.54) is 0 Å². The number of carbonyl (C=O) groups is 1. The minimum atomic E-state index is -0.297. The van der Waals surface area contributed by atoms with Gasteiger partial charge in [0.2, 0.25) is 0 Å². The molecule has 1 aromatic heterocycles. The lowest BCUT2D eigenvalue weighted by Gasteiger charge is -2.24. The molecule has 0 unspecified atom stereocenters. The van der Waals surface area contributed by atoms with Gasteiger partial charge in [0.25, 0.3) is 11.8 Å². The van der Waals surface area contributed by atoms with E-state index in [0.717, 1.165) is 16.8 Å². The highest BCUT2D eigenvalue weighted by molar-refractivity contribution is 6.13. The Morgan fingerprint density at radius 2 is 2.05 bits per heavy atom. The summed E-state index contributed by atoms with van der Waals surface area (Å²) in [5, 5.41) is 13.3. The molecule has 4 N–H and O–H groups in total. The molecule has 0 saturated carbocycles. The number of amides is 1. The quantitative estimate of drug-likeness (QED) is 0.683. The van der Waals surface area contributed by atoms with Crippen LogP contribution in [0.4, 0.5) is 17.4 Å². The third kappa shape index (κ3) is 1.71. The minimum absolute atomic E-state index is 0.0193. The van der Waals surface area contributed by atoms with Gasteiger partial charge in [0.05, 0.1) is 22.6 Å². The second kappa shape index (κ2) is 4.09. The molecule has 0 saturated heterocycles. The van der Waals surface area contributed by atoms with E-state index >= 15 is 0 Å². The first-order chi connectivity index (χ1) is 9.47. The monoisotopic (exact) mass is 271 g/mol. The summed E-state index contributed by atoms with van der Waals surface area (Å²) in [5.74, 6) is -0.0240. The van der Waals surface area contributed by atoms with Crippen LogP contribution >= 0.6 is 0 Å². The zero-order valence-electron chi connectivity index (χ0n) is 11.1. The third-order valence-electron chi connectivity index (χ3n) is 3.30. The van der Waals surface area contributed by atoms with E-state index in [-0.39, 0.29) is 23.5 Å². The van der Waals surface area contributed by atoms with Crippen molar-refractivity contribution in [2.75, 3.05) is 16.4 Å². The van der Waals surface area contributed by atoms with E-state index < -0.39 is 0 Å². The van der Waals surface area contributed by atoms with Crippen molar-refractivity contribution in [3.63, 3.8) is 0 Å². The summed E-state index contributed by atoms with van der Waals surface area (Å²) in [7, 11) is 0. The molecule has 0 bridgehead atoms. The molecule has 0 fully saturated rings. The van der Waals surface area contributed by atoms with Gasteiger partial charge in [-0.3, -0.25) is 4.79 Å². The molecular formula is C13H13N5O2. The fourth-order valence-electron chi connectivity index (χ4n) is 2.16. The highest BCUT2D eigenvalue weighted by Crippen LogP contribution is 2.41. The van der Waals surface area contributed by atoms with Gasteiger partial charge >= 0.3 is 6.01 Å². The van der Waals surface area contributed by atoms with Crippen LogP contribution in [0.15, 0.2) is 22.8 Å². The van der Waals surface area contributed by atoms with Crippen molar-refractivity contribution in [1.82, 2.24) is 10.2 Å². The van der Waals surface area contributed by atoms with Crippen LogP contribution in [-0.4, -0.2) is 16.1 Å². The average Bonchev–Trinajstić information content (AvgIpc) is 2.80. The number of nitrogen functional groups attached to an aromatic ring is 1. The maximum absolute atomic E-state index is 11.8. The Kier molecular flexibility index (Phi) is 2.50. The van der Waals surface area contributed by atoms with E-state index in [2.05, 4.69) is 27.4 Å². The summed E-state index contributed by atoms with van der Waals surface area (Å²) in [6, 6.07) is 1.91. The van der Waals surface area contributed by atoms with Gasteiger partial charge in [-0.2, -0.15) is 0 Å². The third-order valence-corrected chi connectivity index (χ3v) is 3.30. The molecule has 0 aliphatic carbocycles. The first-order valence-electron chi connectivity index (χ1n) is 5.98. The number of carbonyl (C=O) groups excluding carboxylic acids is 1. The van der Waals surface area contributed by atoms with E-state index in [9.17, 15) is 4.79 Å². The lowest BCUT2D eigenvalue weighted by molar-refractivity contribution is -0.112. The molecule has 3 rings (SSSR count). The highest BCUT2D eigenvalue weighted by atomic mass is 16.4.